The van der Waals surface area contributed by atoms with Gasteiger partial charge in [-0.1, -0.05) is 0 Å². The Hall–Kier alpha value is -1.22. The summed E-state index contributed by atoms with van der Waals surface area (Å²) in [5, 5.41) is 32.9. The van der Waals surface area contributed by atoms with Crippen LogP contribution in [0.15, 0.2) is 0 Å². The number of carbonyl (C=O) groups is 2. The van der Waals surface area contributed by atoms with Crippen LogP contribution in [-0.2, 0) is 9.59 Å². The molecule has 2 unspecified atom stereocenters. The minimum atomic E-state index is -1.08. The molecular formula is C12H28N2O6. The summed E-state index contributed by atoms with van der Waals surface area (Å²) in [5.41, 5.74) is 0. The van der Waals surface area contributed by atoms with Gasteiger partial charge in [0.2, 0.25) is 0 Å². The van der Waals surface area contributed by atoms with Gasteiger partial charge in [0.15, 0.2) is 0 Å². The summed E-state index contributed by atoms with van der Waals surface area (Å²) in [4.78, 5) is 22.7. The van der Waals surface area contributed by atoms with E-state index in [0.717, 1.165) is 0 Å². The molecule has 0 spiro atoms. The van der Waals surface area contributed by atoms with Gasteiger partial charge in [0.25, 0.3) is 0 Å². The van der Waals surface area contributed by atoms with Crippen molar-refractivity contribution in [3.05, 3.63) is 0 Å². The van der Waals surface area contributed by atoms with E-state index in [0.29, 0.717) is 0 Å². The van der Waals surface area contributed by atoms with Crippen LogP contribution >= 0.6 is 0 Å². The van der Waals surface area contributed by atoms with Crippen LogP contribution in [-0.4, -0.2) is 82.8 Å². The molecular weight excluding hydrogens is 268 g/mol. The first kappa shape index (κ1) is 23.8. The van der Waals surface area contributed by atoms with Gasteiger partial charge in [-0.3, -0.25) is 19.4 Å². The largest absolute Gasteiger partial charge is 0.481 e. The number of aliphatic carboxylic acids is 2. The standard InChI is InChI=1S/2C4H11NO.C4H6O4/c2*1-4(6)5(2)3;5-3(6)1-2-4(7)8/h2*4,6H,1-3H3;1-2H2,(H,5,6)(H,7,8). The Bertz CT molecular complexity index is 216. The first-order valence-corrected chi connectivity index (χ1v) is 6.04. The molecule has 0 rings (SSSR count). The van der Waals surface area contributed by atoms with Crippen LogP contribution in [0.1, 0.15) is 26.7 Å². The quantitative estimate of drug-likeness (QED) is 0.511. The second-order valence-electron chi connectivity index (χ2n) is 4.48. The van der Waals surface area contributed by atoms with E-state index in [1.165, 1.54) is 0 Å². The zero-order valence-electron chi connectivity index (χ0n) is 13.1. The zero-order valence-corrected chi connectivity index (χ0v) is 13.1. The smallest absolute Gasteiger partial charge is 0.303 e. The van der Waals surface area contributed by atoms with Crippen molar-refractivity contribution in [3.8, 4) is 0 Å². The molecule has 0 aliphatic carbocycles. The number of hydrogen-bond acceptors (Lipinski definition) is 6. The lowest BCUT2D eigenvalue weighted by Gasteiger charge is -2.11. The predicted octanol–water partition coefficient (Wildman–Crippen LogP) is -0.292. The van der Waals surface area contributed by atoms with Crippen LogP contribution in [0.5, 0.6) is 0 Å². The minimum absolute atomic E-state index is 0.296. The molecule has 0 radical (unpaired) electrons. The summed E-state index contributed by atoms with van der Waals surface area (Å²) in [6.07, 6.45) is -1.22. The van der Waals surface area contributed by atoms with Crippen LogP contribution in [0.3, 0.4) is 0 Å². The van der Waals surface area contributed by atoms with E-state index >= 15 is 0 Å². The van der Waals surface area contributed by atoms with Crippen LogP contribution in [0.4, 0.5) is 0 Å². The number of carboxylic acids is 2. The third-order valence-electron chi connectivity index (χ3n) is 2.05. The summed E-state index contributed by atoms with van der Waals surface area (Å²) >= 11 is 0. The Kier molecular flexibility index (Phi) is 16.9. The maximum atomic E-state index is 9.64. The number of rotatable bonds is 5. The van der Waals surface area contributed by atoms with Crippen molar-refractivity contribution in [1.82, 2.24) is 9.80 Å². The fourth-order valence-electron chi connectivity index (χ4n) is 0.214. The highest BCUT2D eigenvalue weighted by Gasteiger charge is 2.00. The molecule has 8 heteroatoms. The fraction of sp³-hybridized carbons (Fsp3) is 0.833. The van der Waals surface area contributed by atoms with Gasteiger partial charge in [0.1, 0.15) is 12.5 Å². The predicted molar refractivity (Wildman–Crippen MR) is 75.2 cm³/mol. The van der Waals surface area contributed by atoms with Gasteiger partial charge < -0.3 is 20.4 Å². The number of aliphatic hydroxyl groups excluding tert-OH is 2. The Morgan fingerprint density at radius 2 is 0.950 bits per heavy atom. The third-order valence-corrected chi connectivity index (χ3v) is 2.05. The SMILES string of the molecule is CC(O)N(C)C.CC(O)N(C)C.O=C(O)CCC(=O)O. The van der Waals surface area contributed by atoms with Crippen molar-refractivity contribution < 1.29 is 30.0 Å². The first-order chi connectivity index (χ1) is 8.91. The molecule has 4 N–H and O–H groups in total. The van der Waals surface area contributed by atoms with Gasteiger partial charge in [-0.2, -0.15) is 0 Å². The van der Waals surface area contributed by atoms with E-state index < -0.39 is 11.9 Å². The highest BCUT2D eigenvalue weighted by atomic mass is 16.4. The molecule has 0 saturated heterocycles. The Morgan fingerprint density at radius 1 is 0.800 bits per heavy atom. The van der Waals surface area contributed by atoms with Crippen LogP contribution in [0.2, 0.25) is 0 Å². The topological polar surface area (TPSA) is 122 Å². The molecule has 0 heterocycles. The van der Waals surface area contributed by atoms with Gasteiger partial charge in [-0.15, -0.1) is 0 Å². The molecule has 122 valence electrons. The van der Waals surface area contributed by atoms with Crippen molar-refractivity contribution in [1.29, 1.82) is 0 Å². The lowest BCUT2D eigenvalue weighted by Crippen LogP contribution is -2.23. The van der Waals surface area contributed by atoms with E-state index in [1.807, 2.05) is 28.2 Å². The lowest BCUT2D eigenvalue weighted by molar-refractivity contribution is -0.143. The van der Waals surface area contributed by atoms with Crippen molar-refractivity contribution >= 4 is 11.9 Å². The van der Waals surface area contributed by atoms with Gasteiger partial charge in [-0.05, 0) is 42.0 Å². The summed E-state index contributed by atoms with van der Waals surface area (Å²) in [5.74, 6) is -2.15. The maximum Gasteiger partial charge on any atom is 0.303 e. The number of carboxylic acid groups (broad SMARTS) is 2. The molecule has 0 fully saturated rings. The van der Waals surface area contributed by atoms with Gasteiger partial charge >= 0.3 is 11.9 Å². The second-order valence-corrected chi connectivity index (χ2v) is 4.48. The molecule has 0 aromatic carbocycles. The van der Waals surface area contributed by atoms with Crippen LogP contribution in [0, 0.1) is 0 Å². The number of hydrogen-bond donors (Lipinski definition) is 4. The normalized spacial score (nSPS) is 12.7. The van der Waals surface area contributed by atoms with E-state index in [1.54, 1.807) is 23.6 Å². The van der Waals surface area contributed by atoms with E-state index in [2.05, 4.69) is 0 Å². The monoisotopic (exact) mass is 296 g/mol. The van der Waals surface area contributed by atoms with E-state index in [-0.39, 0.29) is 25.3 Å². The van der Waals surface area contributed by atoms with E-state index in [9.17, 15) is 9.59 Å². The molecule has 0 saturated carbocycles. The molecule has 2 atom stereocenters. The Balaban J connectivity index is -0.000000221. The van der Waals surface area contributed by atoms with Gasteiger partial charge in [0.05, 0.1) is 12.8 Å². The molecule has 0 bridgehead atoms. The maximum absolute atomic E-state index is 9.64. The van der Waals surface area contributed by atoms with Gasteiger partial charge in [0, 0.05) is 0 Å². The number of aliphatic hydroxyl groups is 2. The van der Waals surface area contributed by atoms with Crippen molar-refractivity contribution in [2.24, 2.45) is 0 Å². The average Bonchev–Trinajstić information content (AvgIpc) is 2.27. The molecule has 0 aliphatic rings. The Morgan fingerprint density at radius 3 is 1.00 bits per heavy atom. The molecule has 0 aromatic rings. The number of nitrogens with zero attached hydrogens (tertiary/aromatic N) is 2. The fourth-order valence-corrected chi connectivity index (χ4v) is 0.214. The summed E-state index contributed by atoms with van der Waals surface area (Å²) < 4.78 is 0. The molecule has 0 aromatic heterocycles. The minimum Gasteiger partial charge on any atom is -0.481 e. The van der Waals surface area contributed by atoms with Crippen LogP contribution < -0.4 is 0 Å². The van der Waals surface area contributed by atoms with Crippen molar-refractivity contribution in [2.75, 3.05) is 28.2 Å². The Labute approximate surface area is 120 Å². The molecule has 0 amide bonds. The molecule has 8 nitrogen and oxygen atoms in total. The van der Waals surface area contributed by atoms with Crippen molar-refractivity contribution in [2.45, 2.75) is 39.1 Å². The van der Waals surface area contributed by atoms with E-state index in [4.69, 9.17) is 20.4 Å². The van der Waals surface area contributed by atoms with Crippen LogP contribution in [0.25, 0.3) is 0 Å². The summed E-state index contributed by atoms with van der Waals surface area (Å²) in [6.45, 7) is 3.44. The van der Waals surface area contributed by atoms with Gasteiger partial charge in [-0.25, -0.2) is 0 Å². The second kappa shape index (κ2) is 14.2. The van der Waals surface area contributed by atoms with Crippen molar-refractivity contribution in [3.63, 3.8) is 0 Å². The zero-order chi connectivity index (χ0) is 16.9. The third kappa shape index (κ3) is 30.1. The summed E-state index contributed by atoms with van der Waals surface area (Å²) in [6, 6.07) is 0. The highest BCUT2D eigenvalue weighted by Crippen LogP contribution is 1.86. The average molecular weight is 296 g/mol. The summed E-state index contributed by atoms with van der Waals surface area (Å²) in [7, 11) is 7.30. The highest BCUT2D eigenvalue weighted by molar-refractivity contribution is 5.75. The molecule has 20 heavy (non-hydrogen) atoms. The molecule has 0 aliphatic heterocycles. The first-order valence-electron chi connectivity index (χ1n) is 6.04. The lowest BCUT2D eigenvalue weighted by atomic mass is 10.3.